The highest BCUT2D eigenvalue weighted by Gasteiger charge is 2.58. The maximum Gasteiger partial charge on any atom is 0.191 e. The van der Waals surface area contributed by atoms with Crippen molar-refractivity contribution < 1.29 is 22.7 Å². The van der Waals surface area contributed by atoms with E-state index in [1.54, 1.807) is 0 Å². The van der Waals surface area contributed by atoms with Gasteiger partial charge in [0.25, 0.3) is 0 Å². The van der Waals surface area contributed by atoms with Crippen LogP contribution in [-0.2, 0) is 21.1 Å². The van der Waals surface area contributed by atoms with Gasteiger partial charge in [0.2, 0.25) is 0 Å². The van der Waals surface area contributed by atoms with Gasteiger partial charge in [-0.3, -0.25) is 0 Å². The van der Waals surface area contributed by atoms with Crippen molar-refractivity contribution >= 4 is 26.2 Å². The summed E-state index contributed by atoms with van der Waals surface area (Å²) in [6.07, 6.45) is 4.12. The van der Waals surface area contributed by atoms with Crippen LogP contribution in [0.4, 0.5) is 8.78 Å². The minimum atomic E-state index is -2.01. The minimum absolute atomic E-state index is 0.0144. The average molecular weight is 535 g/mol. The summed E-state index contributed by atoms with van der Waals surface area (Å²) in [7, 11) is -2.01. The second-order valence-electron chi connectivity index (χ2n) is 12.1. The molecule has 1 saturated carbocycles. The molecule has 0 N–H and O–H groups in total. The van der Waals surface area contributed by atoms with Crippen molar-refractivity contribution in [3.05, 3.63) is 64.2 Å². The highest BCUT2D eigenvalue weighted by molar-refractivity contribution is 6.74. The van der Waals surface area contributed by atoms with Crippen molar-refractivity contribution in [1.82, 2.24) is 0 Å². The van der Waals surface area contributed by atoms with Crippen LogP contribution in [0.3, 0.4) is 0 Å². The molecular weight excluding hydrogens is 498 g/mol. The van der Waals surface area contributed by atoms with Gasteiger partial charge in [-0.25, -0.2) is 8.78 Å². The van der Waals surface area contributed by atoms with Crippen LogP contribution in [0.25, 0.3) is 0 Å². The summed E-state index contributed by atoms with van der Waals surface area (Å²) >= 11 is 6.12. The molecule has 1 fully saturated rings. The number of rotatable bonds is 7. The zero-order chi connectivity index (χ0) is 26.4. The molecule has 0 aromatic heterocycles. The van der Waals surface area contributed by atoms with E-state index in [0.717, 1.165) is 24.3 Å². The van der Waals surface area contributed by atoms with Crippen molar-refractivity contribution in [3.63, 3.8) is 0 Å². The topological polar surface area (TPSA) is 35.5 Å². The largest absolute Gasteiger partial charge is 0.490 e. The third kappa shape index (κ3) is 4.77. The predicted molar refractivity (Wildman–Crippen MR) is 142 cm³/mol. The van der Waals surface area contributed by atoms with Gasteiger partial charge in [-0.15, -0.1) is 0 Å². The lowest BCUT2D eigenvalue weighted by molar-refractivity contribution is -0.129. The quantitative estimate of drug-likeness (QED) is 0.267. The third-order valence-electron chi connectivity index (χ3n) is 9.08. The Kier molecular flexibility index (Phi) is 7.46. The van der Waals surface area contributed by atoms with Gasteiger partial charge in [0, 0.05) is 33.9 Å². The normalized spacial score (nSPS) is 26.1. The van der Waals surface area contributed by atoms with Gasteiger partial charge < -0.3 is 14.0 Å². The number of hydrogen-bond acceptors (Lipinski definition) is 3. The smallest absolute Gasteiger partial charge is 0.191 e. The molecule has 0 saturated heterocycles. The van der Waals surface area contributed by atoms with Crippen LogP contribution >= 0.6 is 11.6 Å². The van der Waals surface area contributed by atoms with E-state index in [4.69, 9.17) is 20.8 Å². The zero-order valence-corrected chi connectivity index (χ0v) is 23.7. The summed E-state index contributed by atoms with van der Waals surface area (Å²) in [4.78, 5) is 12.9. The van der Waals surface area contributed by atoms with Crippen LogP contribution in [0.1, 0.15) is 57.6 Å². The zero-order valence-electron chi connectivity index (χ0n) is 21.9. The van der Waals surface area contributed by atoms with Crippen molar-refractivity contribution in [2.75, 3.05) is 13.2 Å². The number of halogens is 3. The van der Waals surface area contributed by atoms with Gasteiger partial charge in [-0.2, -0.15) is 0 Å². The summed E-state index contributed by atoms with van der Waals surface area (Å²) in [5.41, 5.74) is -0.280. The summed E-state index contributed by atoms with van der Waals surface area (Å²) in [6, 6.07) is 9.78. The van der Waals surface area contributed by atoms with Crippen molar-refractivity contribution in [2.24, 2.45) is 11.3 Å². The lowest BCUT2D eigenvalue weighted by atomic mass is 9.49. The molecule has 1 aliphatic heterocycles. The summed E-state index contributed by atoms with van der Waals surface area (Å²) < 4.78 is 42.8. The Labute approximate surface area is 219 Å². The van der Waals surface area contributed by atoms with Gasteiger partial charge in [0.15, 0.2) is 19.9 Å². The van der Waals surface area contributed by atoms with Crippen LogP contribution in [0.5, 0.6) is 5.75 Å². The Morgan fingerprint density at radius 1 is 1.11 bits per heavy atom. The lowest BCUT2D eigenvalue weighted by Crippen LogP contribution is -2.57. The highest BCUT2D eigenvalue weighted by atomic mass is 35.5. The number of carbonyl (C=O) groups is 1. The summed E-state index contributed by atoms with van der Waals surface area (Å²) in [6.45, 7) is 11.6. The molecule has 1 heterocycles. The molecular formula is C29H37ClF2O3Si. The van der Waals surface area contributed by atoms with Gasteiger partial charge in [-0.05, 0) is 73.6 Å². The van der Waals surface area contributed by atoms with Gasteiger partial charge in [0.1, 0.15) is 12.1 Å². The number of aldehydes is 1. The molecule has 2 aromatic rings. The highest BCUT2D eigenvalue weighted by Crippen LogP contribution is 2.59. The Balaban J connectivity index is 1.77. The van der Waals surface area contributed by atoms with Gasteiger partial charge in [0.05, 0.1) is 6.61 Å². The van der Waals surface area contributed by atoms with E-state index < -0.39 is 30.8 Å². The SMILES string of the molecule is CC(C)(C)[Si](C)(C)OCC[C@@]1(C=O)CCC[C@@]2(Cc3ccc(Cl)cc3)c3c(F)ccc(F)c3OC[C@@H]12. The van der Waals surface area contributed by atoms with Gasteiger partial charge >= 0.3 is 0 Å². The average Bonchev–Trinajstić information content (AvgIpc) is 2.81. The molecule has 196 valence electrons. The first-order valence-corrected chi connectivity index (χ1v) is 16.1. The molecule has 1 aliphatic carbocycles. The number of fused-ring (bicyclic) bond motifs is 3. The third-order valence-corrected chi connectivity index (χ3v) is 13.9. The maximum atomic E-state index is 15.6. The molecule has 2 aliphatic rings. The van der Waals surface area contributed by atoms with Gasteiger partial charge in [-0.1, -0.05) is 50.9 Å². The number of carbonyl (C=O) groups excluding carboxylic acids is 1. The number of hydrogen-bond donors (Lipinski definition) is 0. The Morgan fingerprint density at radius 2 is 1.78 bits per heavy atom. The molecule has 3 atom stereocenters. The second kappa shape index (κ2) is 9.84. The van der Waals surface area contributed by atoms with E-state index in [2.05, 4.69) is 33.9 Å². The monoisotopic (exact) mass is 534 g/mol. The first-order chi connectivity index (χ1) is 16.9. The molecule has 36 heavy (non-hydrogen) atoms. The van der Waals surface area contributed by atoms with Crippen LogP contribution in [-0.4, -0.2) is 27.8 Å². The summed E-state index contributed by atoms with van der Waals surface area (Å²) in [5.74, 6) is -1.37. The first-order valence-electron chi connectivity index (χ1n) is 12.8. The fourth-order valence-corrected chi connectivity index (χ4v) is 7.21. The molecule has 0 unspecified atom stereocenters. The first kappa shape index (κ1) is 27.3. The molecule has 0 spiro atoms. The maximum absolute atomic E-state index is 15.6. The fraction of sp³-hybridized carbons (Fsp3) is 0.552. The summed E-state index contributed by atoms with van der Waals surface area (Å²) in [5, 5.41) is 0.672. The number of benzene rings is 2. The predicted octanol–water partition coefficient (Wildman–Crippen LogP) is 7.89. The van der Waals surface area contributed by atoms with Crippen molar-refractivity contribution in [1.29, 1.82) is 0 Å². The van der Waals surface area contributed by atoms with Crippen molar-refractivity contribution in [3.8, 4) is 5.75 Å². The molecule has 4 rings (SSSR count). The van der Waals surface area contributed by atoms with E-state index in [9.17, 15) is 9.18 Å². The molecule has 3 nitrogen and oxygen atoms in total. The minimum Gasteiger partial charge on any atom is -0.490 e. The Bertz CT molecular complexity index is 1110. The van der Waals surface area contributed by atoms with E-state index in [1.165, 1.54) is 6.07 Å². The van der Waals surface area contributed by atoms with E-state index >= 15 is 4.39 Å². The van der Waals surface area contributed by atoms with Crippen LogP contribution in [0.15, 0.2) is 36.4 Å². The van der Waals surface area contributed by atoms with Crippen LogP contribution in [0.2, 0.25) is 23.2 Å². The Hall–Kier alpha value is -1.76. The molecule has 0 radical (unpaired) electrons. The van der Waals surface area contributed by atoms with Crippen LogP contribution in [0, 0.1) is 23.0 Å². The molecule has 2 aromatic carbocycles. The molecule has 0 bridgehead atoms. The second-order valence-corrected chi connectivity index (χ2v) is 17.4. The molecule has 7 heteroatoms. The van der Waals surface area contributed by atoms with Crippen LogP contribution < -0.4 is 4.74 Å². The van der Waals surface area contributed by atoms with Crippen molar-refractivity contribution in [2.45, 2.75) is 76.4 Å². The van der Waals surface area contributed by atoms with E-state index in [-0.39, 0.29) is 28.9 Å². The fourth-order valence-electron chi connectivity index (χ4n) is 6.04. The standard InChI is InChI=1S/C29H37ClF2O3Si/c1-27(2,3)36(4,5)35-16-15-28(19-33)13-6-14-29(17-20-7-9-21(30)10-8-20)24(28)18-34-26-23(32)12-11-22(31)25(26)29/h7-12,19,24H,6,13-18H2,1-5H3/t24-,28+,29-/m0/s1. The molecule has 0 amide bonds. The van der Waals surface area contributed by atoms with E-state index in [1.807, 2.05) is 24.3 Å². The number of ether oxygens (including phenoxy) is 1. The van der Waals surface area contributed by atoms with E-state index in [0.29, 0.717) is 37.3 Å². The Morgan fingerprint density at radius 3 is 2.42 bits per heavy atom. The lowest BCUT2D eigenvalue weighted by Gasteiger charge is -2.55.